The Morgan fingerprint density at radius 3 is 2.41 bits per heavy atom. The molecule has 3 aliphatic rings. The van der Waals surface area contributed by atoms with E-state index in [9.17, 15) is 18.0 Å². The molecule has 2 amide bonds. The van der Waals surface area contributed by atoms with Crippen molar-refractivity contribution in [2.75, 3.05) is 32.8 Å². The van der Waals surface area contributed by atoms with Gasteiger partial charge >= 0.3 is 0 Å². The summed E-state index contributed by atoms with van der Waals surface area (Å²) in [4.78, 5) is 27.9. The maximum absolute atomic E-state index is 13.2. The van der Waals surface area contributed by atoms with Crippen LogP contribution in [0, 0.1) is 12.8 Å². The maximum Gasteiger partial charge on any atom is 0.243 e. The summed E-state index contributed by atoms with van der Waals surface area (Å²) in [6, 6.07) is 6.41. The molecule has 1 N–H and O–H groups in total. The molecule has 1 unspecified atom stereocenters. The fourth-order valence-corrected chi connectivity index (χ4v) is 6.35. The Morgan fingerprint density at radius 1 is 1.03 bits per heavy atom. The van der Waals surface area contributed by atoms with Crippen LogP contribution >= 0.6 is 0 Å². The second kappa shape index (κ2) is 9.89. The predicted octanol–water partition coefficient (Wildman–Crippen LogP) is 1.68. The molecule has 0 bridgehead atoms. The number of carbonyl (C=O) groups is 2. The Balaban J connectivity index is 1.32. The fraction of sp³-hybridized carbons (Fsp3) is 0.652. The number of nitrogens with zero attached hydrogens (tertiary/aromatic N) is 2. The van der Waals surface area contributed by atoms with E-state index < -0.39 is 16.1 Å². The van der Waals surface area contributed by atoms with Crippen molar-refractivity contribution >= 4 is 21.8 Å². The van der Waals surface area contributed by atoms with Crippen molar-refractivity contribution in [3.8, 4) is 0 Å². The number of likely N-dealkylation sites (tertiary alicyclic amines) is 1. The second-order valence-electron chi connectivity index (χ2n) is 9.06. The van der Waals surface area contributed by atoms with Gasteiger partial charge in [0.05, 0.1) is 11.0 Å². The fourth-order valence-electron chi connectivity index (χ4n) is 4.88. The molecule has 32 heavy (non-hydrogen) atoms. The van der Waals surface area contributed by atoms with Crippen molar-refractivity contribution in [1.29, 1.82) is 0 Å². The zero-order chi connectivity index (χ0) is 22.7. The molecule has 176 valence electrons. The van der Waals surface area contributed by atoms with E-state index in [1.54, 1.807) is 29.2 Å². The summed E-state index contributed by atoms with van der Waals surface area (Å²) in [5, 5.41) is 2.96. The first kappa shape index (κ1) is 23.2. The van der Waals surface area contributed by atoms with Gasteiger partial charge in [0.15, 0.2) is 0 Å². The van der Waals surface area contributed by atoms with Gasteiger partial charge in [-0.25, -0.2) is 8.42 Å². The van der Waals surface area contributed by atoms with E-state index >= 15 is 0 Å². The number of benzene rings is 1. The molecule has 3 heterocycles. The van der Waals surface area contributed by atoms with Gasteiger partial charge < -0.3 is 15.0 Å². The smallest absolute Gasteiger partial charge is 0.243 e. The van der Waals surface area contributed by atoms with Gasteiger partial charge in [0, 0.05) is 38.7 Å². The Labute approximate surface area is 190 Å². The van der Waals surface area contributed by atoms with Crippen LogP contribution in [0.3, 0.4) is 0 Å². The molecule has 0 spiro atoms. The van der Waals surface area contributed by atoms with Gasteiger partial charge in [-0.15, -0.1) is 0 Å². The molecule has 0 aromatic heterocycles. The monoisotopic (exact) mass is 463 g/mol. The summed E-state index contributed by atoms with van der Waals surface area (Å²) >= 11 is 0. The predicted molar refractivity (Wildman–Crippen MR) is 119 cm³/mol. The summed E-state index contributed by atoms with van der Waals surface area (Å²) in [5.74, 6) is -0.371. The second-order valence-corrected chi connectivity index (χ2v) is 11.0. The molecule has 0 radical (unpaired) electrons. The van der Waals surface area contributed by atoms with Gasteiger partial charge in [-0.2, -0.15) is 4.31 Å². The Hall–Kier alpha value is -1.97. The van der Waals surface area contributed by atoms with Gasteiger partial charge in [0.2, 0.25) is 21.8 Å². The number of hydrogen-bond acceptors (Lipinski definition) is 5. The molecule has 2 atom stereocenters. The average molecular weight is 464 g/mol. The van der Waals surface area contributed by atoms with Gasteiger partial charge in [-0.3, -0.25) is 9.59 Å². The molecule has 3 saturated heterocycles. The van der Waals surface area contributed by atoms with Crippen molar-refractivity contribution in [2.24, 2.45) is 5.92 Å². The minimum absolute atomic E-state index is 0.0212. The lowest BCUT2D eigenvalue weighted by Gasteiger charge is -2.34. The highest BCUT2D eigenvalue weighted by Gasteiger charge is 2.39. The van der Waals surface area contributed by atoms with E-state index in [-0.39, 0.29) is 28.7 Å². The van der Waals surface area contributed by atoms with Crippen molar-refractivity contribution in [3.05, 3.63) is 29.8 Å². The van der Waals surface area contributed by atoms with Crippen LogP contribution in [0.25, 0.3) is 0 Å². The Morgan fingerprint density at radius 2 is 1.75 bits per heavy atom. The van der Waals surface area contributed by atoms with Crippen LogP contribution < -0.4 is 5.32 Å². The zero-order valence-electron chi connectivity index (χ0n) is 18.7. The van der Waals surface area contributed by atoms with Crippen molar-refractivity contribution in [3.63, 3.8) is 0 Å². The third kappa shape index (κ3) is 5.00. The first-order chi connectivity index (χ1) is 15.4. The number of amides is 2. The van der Waals surface area contributed by atoms with Crippen LogP contribution in [-0.4, -0.2) is 74.4 Å². The molecule has 1 aromatic rings. The first-order valence-corrected chi connectivity index (χ1v) is 13.1. The van der Waals surface area contributed by atoms with Crippen LogP contribution in [0.2, 0.25) is 0 Å². The SMILES string of the molecule is Cc1ccc(S(=O)(=O)N2CCC(C(=O)N3CCC[C@H]3C(=O)NCC3CCCO3)CC2)cc1. The van der Waals surface area contributed by atoms with Crippen molar-refractivity contribution in [2.45, 2.75) is 62.5 Å². The molecule has 0 saturated carbocycles. The van der Waals surface area contributed by atoms with Crippen LogP contribution in [-0.2, 0) is 24.3 Å². The normalized spacial score (nSPS) is 25.2. The van der Waals surface area contributed by atoms with Crippen LogP contribution in [0.15, 0.2) is 29.2 Å². The maximum atomic E-state index is 13.2. The van der Waals surface area contributed by atoms with E-state index in [2.05, 4.69) is 5.32 Å². The zero-order valence-corrected chi connectivity index (χ0v) is 19.5. The first-order valence-electron chi connectivity index (χ1n) is 11.6. The molecular formula is C23H33N3O5S. The topological polar surface area (TPSA) is 96.0 Å². The standard InChI is InChI=1S/C23H33N3O5S/c1-17-6-8-20(9-7-17)32(29,30)25-13-10-18(11-14-25)23(28)26-12-2-5-21(26)22(27)24-16-19-4-3-15-31-19/h6-9,18-19,21H,2-5,10-16H2,1H3,(H,24,27)/t19?,21-/m0/s1. The van der Waals surface area contributed by atoms with Gasteiger partial charge in [0.25, 0.3) is 0 Å². The van der Waals surface area contributed by atoms with Gasteiger partial charge in [-0.1, -0.05) is 17.7 Å². The number of aryl methyl sites for hydroxylation is 1. The minimum atomic E-state index is -3.55. The lowest BCUT2D eigenvalue weighted by molar-refractivity contribution is -0.142. The van der Waals surface area contributed by atoms with E-state index in [1.165, 1.54) is 4.31 Å². The van der Waals surface area contributed by atoms with E-state index in [4.69, 9.17) is 4.74 Å². The molecule has 1 aromatic carbocycles. The number of ether oxygens (including phenoxy) is 1. The van der Waals surface area contributed by atoms with Gasteiger partial charge in [0.1, 0.15) is 6.04 Å². The average Bonchev–Trinajstić information content (AvgIpc) is 3.49. The van der Waals surface area contributed by atoms with Crippen molar-refractivity contribution < 1.29 is 22.7 Å². The highest BCUT2D eigenvalue weighted by molar-refractivity contribution is 7.89. The third-order valence-corrected chi connectivity index (χ3v) is 8.74. The van der Waals surface area contributed by atoms with Crippen LogP contribution in [0.1, 0.15) is 44.1 Å². The van der Waals surface area contributed by atoms with Crippen LogP contribution in [0.5, 0.6) is 0 Å². The van der Waals surface area contributed by atoms with E-state index in [1.807, 2.05) is 6.92 Å². The summed E-state index contributed by atoms with van der Waals surface area (Å²) in [6.45, 7) is 4.37. The number of rotatable bonds is 6. The molecule has 0 aliphatic carbocycles. The van der Waals surface area contributed by atoms with E-state index in [0.29, 0.717) is 45.4 Å². The number of hydrogen-bond donors (Lipinski definition) is 1. The van der Waals surface area contributed by atoms with E-state index in [0.717, 1.165) is 31.4 Å². The Bertz CT molecular complexity index is 919. The molecular weight excluding hydrogens is 430 g/mol. The summed E-state index contributed by atoms with van der Waals surface area (Å²) in [6.07, 6.45) is 4.48. The molecule has 8 nitrogen and oxygen atoms in total. The molecule has 3 aliphatic heterocycles. The number of carbonyl (C=O) groups excluding carboxylic acids is 2. The summed E-state index contributed by atoms with van der Waals surface area (Å²) < 4.78 is 32.9. The lowest BCUT2D eigenvalue weighted by Crippen LogP contribution is -2.50. The molecule has 3 fully saturated rings. The number of sulfonamides is 1. The highest BCUT2D eigenvalue weighted by atomic mass is 32.2. The number of piperidine rings is 1. The minimum Gasteiger partial charge on any atom is -0.376 e. The van der Waals surface area contributed by atoms with Crippen molar-refractivity contribution in [1.82, 2.24) is 14.5 Å². The third-order valence-electron chi connectivity index (χ3n) is 6.83. The molecule has 4 rings (SSSR count). The highest BCUT2D eigenvalue weighted by Crippen LogP contribution is 2.28. The largest absolute Gasteiger partial charge is 0.376 e. The number of nitrogens with one attached hydrogen (secondary N) is 1. The Kier molecular flexibility index (Phi) is 7.17. The summed E-state index contributed by atoms with van der Waals surface area (Å²) in [5.41, 5.74) is 1.01. The van der Waals surface area contributed by atoms with Gasteiger partial charge in [-0.05, 0) is 57.6 Å². The summed E-state index contributed by atoms with van der Waals surface area (Å²) in [7, 11) is -3.55. The van der Waals surface area contributed by atoms with Crippen LogP contribution in [0.4, 0.5) is 0 Å². The lowest BCUT2D eigenvalue weighted by atomic mass is 9.96. The molecule has 9 heteroatoms. The quantitative estimate of drug-likeness (QED) is 0.693.